The topological polar surface area (TPSA) is 88.5 Å². The van der Waals surface area contributed by atoms with E-state index in [2.05, 4.69) is 20.3 Å². The fourth-order valence-electron chi connectivity index (χ4n) is 2.82. The van der Waals surface area contributed by atoms with Gasteiger partial charge in [0, 0.05) is 32.2 Å². The summed E-state index contributed by atoms with van der Waals surface area (Å²) in [6, 6.07) is 9.13. The first kappa shape index (κ1) is 15.4. The lowest BCUT2D eigenvalue weighted by molar-refractivity contribution is 0.0736. The van der Waals surface area contributed by atoms with Crippen LogP contribution in [-0.2, 0) is 0 Å². The van der Waals surface area contributed by atoms with Gasteiger partial charge in [0.2, 0.25) is 0 Å². The van der Waals surface area contributed by atoms with E-state index in [9.17, 15) is 4.79 Å². The number of carbonyl (C=O) groups is 1. The number of nitrogens with zero attached hydrogens (tertiary/aromatic N) is 5. The first-order valence-electron chi connectivity index (χ1n) is 8.06. The molecule has 0 saturated carbocycles. The van der Waals surface area contributed by atoms with Crippen LogP contribution in [0.5, 0.6) is 0 Å². The predicted octanol–water partition coefficient (Wildman–Crippen LogP) is 2.00. The van der Waals surface area contributed by atoms with Gasteiger partial charge in [-0.25, -0.2) is 0 Å². The van der Waals surface area contributed by atoms with Crippen molar-refractivity contribution in [1.82, 2.24) is 20.3 Å². The van der Waals surface area contributed by atoms with Crippen LogP contribution in [-0.4, -0.2) is 52.3 Å². The maximum absolute atomic E-state index is 12.4. The monoisotopic (exact) mass is 339 g/mol. The largest absolute Gasteiger partial charge is 0.463 e. The normalized spacial score (nSPS) is 14.8. The van der Waals surface area contributed by atoms with Crippen LogP contribution in [0.2, 0.25) is 0 Å². The Morgan fingerprint density at radius 3 is 2.56 bits per heavy atom. The number of piperazine rings is 1. The summed E-state index contributed by atoms with van der Waals surface area (Å²) < 4.78 is 10.3. The van der Waals surface area contributed by atoms with Gasteiger partial charge < -0.3 is 18.7 Å². The van der Waals surface area contributed by atoms with E-state index in [0.717, 1.165) is 5.82 Å². The third-order valence-electron chi connectivity index (χ3n) is 4.16. The summed E-state index contributed by atoms with van der Waals surface area (Å²) in [6.07, 6.45) is 1.61. The average molecular weight is 339 g/mol. The molecule has 4 heterocycles. The zero-order chi connectivity index (χ0) is 17.2. The van der Waals surface area contributed by atoms with E-state index in [1.807, 2.05) is 24.3 Å². The molecule has 1 saturated heterocycles. The van der Waals surface area contributed by atoms with Gasteiger partial charge in [0.1, 0.15) is 11.5 Å². The zero-order valence-corrected chi connectivity index (χ0v) is 13.8. The Labute approximate surface area is 144 Å². The molecule has 1 amide bonds. The Morgan fingerprint density at radius 2 is 1.96 bits per heavy atom. The summed E-state index contributed by atoms with van der Waals surface area (Å²) in [5.41, 5.74) is 1.05. The molecule has 0 aliphatic carbocycles. The third kappa shape index (κ3) is 3.10. The standard InChI is InChI=1S/C17H17N5O3/c1-12-11-14(20-25-12)17(23)22-8-6-21(7-9-22)16-5-4-13(18-19-16)15-3-2-10-24-15/h2-5,10-11H,6-9H2,1H3. The summed E-state index contributed by atoms with van der Waals surface area (Å²) in [4.78, 5) is 16.3. The molecule has 8 heteroatoms. The minimum atomic E-state index is -0.101. The average Bonchev–Trinajstić information content (AvgIpc) is 3.33. The minimum Gasteiger partial charge on any atom is -0.463 e. The fraction of sp³-hybridized carbons (Fsp3) is 0.294. The quantitative estimate of drug-likeness (QED) is 0.721. The maximum Gasteiger partial charge on any atom is 0.276 e. The molecule has 3 aromatic heterocycles. The van der Waals surface area contributed by atoms with Crippen molar-refractivity contribution in [2.45, 2.75) is 6.92 Å². The van der Waals surface area contributed by atoms with Crippen molar-refractivity contribution in [3.63, 3.8) is 0 Å². The van der Waals surface area contributed by atoms with Gasteiger partial charge in [-0.05, 0) is 31.2 Å². The van der Waals surface area contributed by atoms with E-state index in [4.69, 9.17) is 8.94 Å². The van der Waals surface area contributed by atoms with E-state index < -0.39 is 0 Å². The Bertz CT molecular complexity index is 849. The van der Waals surface area contributed by atoms with Crippen molar-refractivity contribution in [1.29, 1.82) is 0 Å². The van der Waals surface area contributed by atoms with Crippen LogP contribution >= 0.6 is 0 Å². The van der Waals surface area contributed by atoms with E-state index in [1.54, 1.807) is 24.2 Å². The lowest BCUT2D eigenvalue weighted by Gasteiger charge is -2.34. The molecule has 1 aliphatic heterocycles. The van der Waals surface area contributed by atoms with Gasteiger partial charge in [-0.1, -0.05) is 5.16 Å². The Morgan fingerprint density at radius 1 is 1.12 bits per heavy atom. The van der Waals surface area contributed by atoms with E-state index in [-0.39, 0.29) is 5.91 Å². The highest BCUT2D eigenvalue weighted by Crippen LogP contribution is 2.20. The SMILES string of the molecule is Cc1cc(C(=O)N2CCN(c3ccc(-c4ccco4)nn3)CC2)no1. The molecule has 0 radical (unpaired) electrons. The van der Waals surface area contributed by atoms with Crippen LogP contribution in [0.1, 0.15) is 16.2 Å². The number of carbonyl (C=O) groups excluding carboxylic acids is 1. The molecule has 25 heavy (non-hydrogen) atoms. The molecule has 0 aromatic carbocycles. The van der Waals surface area contributed by atoms with E-state index >= 15 is 0 Å². The molecule has 0 spiro atoms. The highest BCUT2D eigenvalue weighted by molar-refractivity contribution is 5.92. The summed E-state index contributed by atoms with van der Waals surface area (Å²) in [6.45, 7) is 4.36. The number of rotatable bonds is 3. The van der Waals surface area contributed by atoms with Gasteiger partial charge in [0.25, 0.3) is 5.91 Å². The molecular formula is C17H17N5O3. The molecule has 1 aliphatic rings. The van der Waals surface area contributed by atoms with Crippen molar-refractivity contribution in [2.75, 3.05) is 31.1 Å². The van der Waals surface area contributed by atoms with Crippen molar-refractivity contribution in [3.8, 4) is 11.5 Å². The predicted molar refractivity (Wildman–Crippen MR) is 89.1 cm³/mol. The van der Waals surface area contributed by atoms with Crippen LogP contribution in [0.15, 0.2) is 45.5 Å². The van der Waals surface area contributed by atoms with E-state index in [1.165, 1.54) is 0 Å². The summed E-state index contributed by atoms with van der Waals surface area (Å²) in [5.74, 6) is 2.02. The van der Waals surface area contributed by atoms with Gasteiger partial charge in [-0.15, -0.1) is 10.2 Å². The zero-order valence-electron chi connectivity index (χ0n) is 13.8. The van der Waals surface area contributed by atoms with Gasteiger partial charge in [0.05, 0.1) is 6.26 Å². The Balaban J connectivity index is 1.39. The molecular weight excluding hydrogens is 322 g/mol. The number of aromatic nitrogens is 3. The van der Waals surface area contributed by atoms with Crippen LogP contribution < -0.4 is 4.90 Å². The van der Waals surface area contributed by atoms with Crippen molar-refractivity contribution in [3.05, 3.63) is 48.0 Å². The number of hydrogen-bond donors (Lipinski definition) is 0. The third-order valence-corrected chi connectivity index (χ3v) is 4.16. The van der Waals surface area contributed by atoms with Crippen molar-refractivity contribution >= 4 is 11.7 Å². The molecule has 3 aromatic rings. The second-order valence-electron chi connectivity index (χ2n) is 5.86. The van der Waals surface area contributed by atoms with Crippen LogP contribution in [0.25, 0.3) is 11.5 Å². The Hall–Kier alpha value is -3.16. The van der Waals surface area contributed by atoms with Crippen molar-refractivity contribution in [2.24, 2.45) is 0 Å². The number of hydrogen-bond acceptors (Lipinski definition) is 7. The number of amides is 1. The highest BCUT2D eigenvalue weighted by Gasteiger charge is 2.25. The fourth-order valence-corrected chi connectivity index (χ4v) is 2.82. The first-order chi connectivity index (χ1) is 12.2. The molecule has 0 N–H and O–H groups in total. The summed E-state index contributed by atoms with van der Waals surface area (Å²) in [7, 11) is 0. The number of furan rings is 1. The molecule has 0 unspecified atom stereocenters. The van der Waals surface area contributed by atoms with Crippen LogP contribution in [0.3, 0.4) is 0 Å². The number of anilines is 1. The molecule has 0 bridgehead atoms. The molecule has 4 rings (SSSR count). The minimum absolute atomic E-state index is 0.101. The molecule has 0 atom stereocenters. The van der Waals surface area contributed by atoms with Crippen molar-refractivity contribution < 1.29 is 13.7 Å². The lowest BCUT2D eigenvalue weighted by atomic mass is 10.2. The molecule has 1 fully saturated rings. The molecule has 128 valence electrons. The first-order valence-corrected chi connectivity index (χ1v) is 8.06. The van der Waals surface area contributed by atoms with Gasteiger partial charge >= 0.3 is 0 Å². The second kappa shape index (κ2) is 6.39. The van der Waals surface area contributed by atoms with Gasteiger partial charge in [-0.2, -0.15) is 0 Å². The lowest BCUT2D eigenvalue weighted by Crippen LogP contribution is -2.49. The maximum atomic E-state index is 12.4. The van der Waals surface area contributed by atoms with E-state index in [0.29, 0.717) is 49.1 Å². The van der Waals surface area contributed by atoms with Gasteiger partial charge in [0.15, 0.2) is 17.3 Å². The van der Waals surface area contributed by atoms with Crippen LogP contribution in [0.4, 0.5) is 5.82 Å². The highest BCUT2D eigenvalue weighted by atomic mass is 16.5. The molecule has 8 nitrogen and oxygen atoms in total. The van der Waals surface area contributed by atoms with Gasteiger partial charge in [-0.3, -0.25) is 4.79 Å². The summed E-state index contributed by atoms with van der Waals surface area (Å²) in [5, 5.41) is 12.3. The second-order valence-corrected chi connectivity index (χ2v) is 5.86. The summed E-state index contributed by atoms with van der Waals surface area (Å²) >= 11 is 0. The smallest absolute Gasteiger partial charge is 0.276 e. The Kier molecular flexibility index (Phi) is 3.93. The van der Waals surface area contributed by atoms with Crippen LogP contribution in [0, 0.1) is 6.92 Å². The number of aryl methyl sites for hydroxylation is 1.